The van der Waals surface area contributed by atoms with E-state index in [4.69, 9.17) is 10.7 Å². The topological polar surface area (TPSA) is 59.9 Å². The largest absolute Gasteiger partial charge is 0.270 e. The third kappa shape index (κ3) is 2.98. The molecule has 0 aliphatic rings. The third-order valence-electron chi connectivity index (χ3n) is 1.89. The summed E-state index contributed by atoms with van der Waals surface area (Å²) in [5.41, 5.74) is 0.695. The van der Waals surface area contributed by atoms with Gasteiger partial charge in [0.25, 0.3) is 9.05 Å². The predicted molar refractivity (Wildman–Crippen MR) is 70.2 cm³/mol. The van der Waals surface area contributed by atoms with E-state index in [1.54, 1.807) is 18.3 Å². The van der Waals surface area contributed by atoms with Crippen molar-refractivity contribution in [3.63, 3.8) is 0 Å². The van der Waals surface area contributed by atoms with Crippen molar-refractivity contribution in [2.24, 2.45) is 0 Å². The first-order valence-corrected chi connectivity index (χ1v) is 8.77. The van der Waals surface area contributed by atoms with Crippen molar-refractivity contribution in [1.82, 2.24) is 9.97 Å². The molecule has 0 radical (unpaired) electrons. The number of thioether (sulfide) groups is 1. The van der Waals surface area contributed by atoms with E-state index in [1.807, 2.05) is 6.26 Å². The molecule has 0 unspecified atom stereocenters. The Morgan fingerprint density at radius 2 is 2.12 bits per heavy atom. The van der Waals surface area contributed by atoms with Crippen molar-refractivity contribution < 1.29 is 8.42 Å². The second kappa shape index (κ2) is 4.93. The molecular formula is C9H7ClN2O2S3. The van der Waals surface area contributed by atoms with Crippen LogP contribution >= 0.6 is 33.8 Å². The fraction of sp³-hybridized carbons (Fsp3) is 0.111. The van der Waals surface area contributed by atoms with Crippen molar-refractivity contribution >= 4 is 42.8 Å². The highest BCUT2D eigenvalue weighted by Crippen LogP contribution is 2.31. The van der Waals surface area contributed by atoms with Crippen LogP contribution in [0.5, 0.6) is 0 Å². The number of hydrogen-bond acceptors (Lipinski definition) is 6. The summed E-state index contributed by atoms with van der Waals surface area (Å²) in [5.74, 6) is 0. The van der Waals surface area contributed by atoms with Gasteiger partial charge in [-0.3, -0.25) is 0 Å². The fourth-order valence-corrected chi connectivity index (χ4v) is 3.56. The quantitative estimate of drug-likeness (QED) is 0.496. The molecule has 0 saturated heterocycles. The van der Waals surface area contributed by atoms with Crippen LogP contribution in [0.25, 0.3) is 10.6 Å². The zero-order chi connectivity index (χ0) is 12.5. The molecule has 17 heavy (non-hydrogen) atoms. The summed E-state index contributed by atoms with van der Waals surface area (Å²) < 4.78 is 22.4. The molecule has 0 spiro atoms. The van der Waals surface area contributed by atoms with Gasteiger partial charge in [-0.2, -0.15) is 0 Å². The first-order valence-electron chi connectivity index (χ1n) is 4.42. The summed E-state index contributed by atoms with van der Waals surface area (Å²) in [7, 11) is 1.60. The van der Waals surface area contributed by atoms with Gasteiger partial charge in [0.2, 0.25) is 0 Å². The van der Waals surface area contributed by atoms with Gasteiger partial charge in [0.1, 0.15) is 4.21 Å². The van der Waals surface area contributed by atoms with E-state index in [2.05, 4.69) is 9.97 Å². The summed E-state index contributed by atoms with van der Waals surface area (Å²) in [6.45, 7) is 0. The van der Waals surface area contributed by atoms with Gasteiger partial charge >= 0.3 is 0 Å². The SMILES string of the molecule is CSc1nccc(-c2ccc(S(=O)(=O)Cl)s2)n1. The second-order valence-electron chi connectivity index (χ2n) is 2.99. The molecule has 0 N–H and O–H groups in total. The Balaban J connectivity index is 2.43. The molecule has 0 atom stereocenters. The fourth-order valence-electron chi connectivity index (χ4n) is 1.17. The second-order valence-corrected chi connectivity index (χ2v) is 7.64. The molecule has 2 heterocycles. The molecule has 4 nitrogen and oxygen atoms in total. The van der Waals surface area contributed by atoms with E-state index in [0.717, 1.165) is 16.2 Å². The Morgan fingerprint density at radius 3 is 2.71 bits per heavy atom. The van der Waals surface area contributed by atoms with Gasteiger partial charge in [-0.15, -0.1) is 11.3 Å². The minimum atomic E-state index is -3.66. The van der Waals surface area contributed by atoms with Gasteiger partial charge in [-0.25, -0.2) is 18.4 Å². The summed E-state index contributed by atoms with van der Waals surface area (Å²) in [4.78, 5) is 9.08. The maximum absolute atomic E-state index is 11.1. The van der Waals surface area contributed by atoms with Crippen LogP contribution in [0.1, 0.15) is 0 Å². The van der Waals surface area contributed by atoms with Crippen LogP contribution < -0.4 is 0 Å². The first-order chi connectivity index (χ1) is 8.00. The lowest BCUT2D eigenvalue weighted by molar-refractivity contribution is 0.611. The molecule has 2 aromatic heterocycles. The van der Waals surface area contributed by atoms with Crippen molar-refractivity contribution in [3.05, 3.63) is 24.4 Å². The molecule has 90 valence electrons. The Bertz CT molecular complexity index is 639. The van der Waals surface area contributed by atoms with Gasteiger partial charge in [0.15, 0.2) is 5.16 Å². The molecule has 0 aromatic carbocycles. The molecule has 0 saturated carbocycles. The van der Waals surface area contributed by atoms with Crippen LogP contribution in [0.2, 0.25) is 0 Å². The van der Waals surface area contributed by atoms with E-state index < -0.39 is 9.05 Å². The van der Waals surface area contributed by atoms with Crippen molar-refractivity contribution in [3.8, 4) is 10.6 Å². The number of nitrogens with zero attached hydrogens (tertiary/aromatic N) is 2. The lowest BCUT2D eigenvalue weighted by atomic mass is 10.3. The van der Waals surface area contributed by atoms with Crippen LogP contribution in [0.3, 0.4) is 0 Å². The highest BCUT2D eigenvalue weighted by atomic mass is 35.7. The average Bonchev–Trinajstić information content (AvgIpc) is 2.78. The Morgan fingerprint density at radius 1 is 1.35 bits per heavy atom. The number of rotatable bonds is 3. The molecule has 0 bridgehead atoms. The summed E-state index contributed by atoms with van der Waals surface area (Å²) in [6.07, 6.45) is 3.52. The summed E-state index contributed by atoms with van der Waals surface area (Å²) >= 11 is 2.52. The first kappa shape index (κ1) is 12.8. The molecule has 2 rings (SSSR count). The van der Waals surface area contributed by atoms with Crippen LogP contribution in [0.15, 0.2) is 33.8 Å². The van der Waals surface area contributed by atoms with Crippen molar-refractivity contribution in [2.75, 3.05) is 6.26 Å². The minimum Gasteiger partial charge on any atom is -0.231 e. The van der Waals surface area contributed by atoms with Gasteiger partial charge < -0.3 is 0 Å². The summed E-state index contributed by atoms with van der Waals surface area (Å²) in [6, 6.07) is 4.89. The summed E-state index contributed by atoms with van der Waals surface area (Å²) in [5, 5.41) is 0.645. The standard InChI is InChI=1S/C9H7ClN2O2S3/c1-15-9-11-5-4-6(12-9)7-2-3-8(16-7)17(10,13)14/h2-5H,1H3. The Labute approximate surface area is 111 Å². The highest BCUT2D eigenvalue weighted by molar-refractivity contribution is 8.15. The Kier molecular flexibility index (Phi) is 3.72. The Hall–Kier alpha value is -0.630. The number of hydrogen-bond donors (Lipinski definition) is 0. The molecule has 0 aliphatic carbocycles. The normalized spacial score (nSPS) is 11.6. The average molecular weight is 307 g/mol. The molecule has 0 fully saturated rings. The van der Waals surface area contributed by atoms with E-state index in [-0.39, 0.29) is 4.21 Å². The van der Waals surface area contributed by atoms with Gasteiger partial charge in [0, 0.05) is 16.9 Å². The highest BCUT2D eigenvalue weighted by Gasteiger charge is 2.14. The zero-order valence-electron chi connectivity index (χ0n) is 8.62. The maximum atomic E-state index is 11.1. The van der Waals surface area contributed by atoms with Crippen molar-refractivity contribution in [1.29, 1.82) is 0 Å². The minimum absolute atomic E-state index is 0.124. The monoisotopic (exact) mass is 306 g/mol. The lowest BCUT2D eigenvalue weighted by Crippen LogP contribution is -1.86. The molecule has 0 amide bonds. The van der Waals surface area contributed by atoms with E-state index in [0.29, 0.717) is 10.9 Å². The number of thiophene rings is 1. The third-order valence-corrected chi connectivity index (χ3v) is 5.65. The maximum Gasteiger partial charge on any atom is 0.270 e. The molecular weight excluding hydrogens is 300 g/mol. The van der Waals surface area contributed by atoms with Crippen LogP contribution in [0.4, 0.5) is 0 Å². The van der Waals surface area contributed by atoms with Crippen LogP contribution in [-0.2, 0) is 9.05 Å². The smallest absolute Gasteiger partial charge is 0.231 e. The van der Waals surface area contributed by atoms with E-state index in [1.165, 1.54) is 17.8 Å². The van der Waals surface area contributed by atoms with Gasteiger partial charge in [0.05, 0.1) is 10.6 Å². The van der Waals surface area contributed by atoms with E-state index in [9.17, 15) is 8.42 Å². The number of aromatic nitrogens is 2. The lowest BCUT2D eigenvalue weighted by Gasteiger charge is -1.98. The van der Waals surface area contributed by atoms with Crippen LogP contribution in [0, 0.1) is 0 Å². The van der Waals surface area contributed by atoms with Gasteiger partial charge in [-0.1, -0.05) is 11.8 Å². The molecule has 0 aliphatic heterocycles. The predicted octanol–water partition coefficient (Wildman–Crippen LogP) is 2.85. The van der Waals surface area contributed by atoms with Crippen molar-refractivity contribution in [2.45, 2.75) is 9.37 Å². The van der Waals surface area contributed by atoms with Gasteiger partial charge in [-0.05, 0) is 24.5 Å². The number of halogens is 1. The van der Waals surface area contributed by atoms with E-state index >= 15 is 0 Å². The molecule has 8 heteroatoms. The zero-order valence-corrected chi connectivity index (χ0v) is 11.8. The molecule has 2 aromatic rings. The van der Waals surface area contributed by atoms with Crippen LogP contribution in [-0.4, -0.2) is 24.6 Å².